The van der Waals surface area contributed by atoms with Crippen LogP contribution in [-0.2, 0) is 41.8 Å². The molecule has 0 N–H and O–H groups in total. The van der Waals surface area contributed by atoms with Crippen molar-refractivity contribution < 1.29 is 22.6 Å². The van der Waals surface area contributed by atoms with Crippen LogP contribution in [0.1, 0.15) is 111 Å². The zero-order chi connectivity index (χ0) is 34.4. The van der Waals surface area contributed by atoms with Crippen molar-refractivity contribution in [2.75, 3.05) is 19.8 Å². The molecule has 1 spiro atoms. The second kappa shape index (κ2) is 13.3. The van der Waals surface area contributed by atoms with Gasteiger partial charge in [-0.25, -0.2) is 4.67 Å². The van der Waals surface area contributed by atoms with Gasteiger partial charge in [0.2, 0.25) is 0 Å². The standard InChI is InChI=1S/C39H55NO5P2/c1-35(2,3)29-18-20-33(31(22-29)37(7,8)9)44-46-40(24-28-16-14-13-15-17-28)39(25-41-46)26-42-47(43-27-39)45-34-21-19-30(36(4,5)6)23-32(34)38(10,11)12/h13-23H,24-27H2,1-12H3. The highest BCUT2D eigenvalue weighted by atomic mass is 31.2. The monoisotopic (exact) mass is 679 g/mol. The highest BCUT2D eigenvalue weighted by molar-refractivity contribution is 7.45. The molecule has 0 radical (unpaired) electrons. The molecule has 6 nitrogen and oxygen atoms in total. The summed E-state index contributed by atoms with van der Waals surface area (Å²) in [6.45, 7) is 28.8. The maximum absolute atomic E-state index is 6.86. The number of benzene rings is 3. The van der Waals surface area contributed by atoms with E-state index in [2.05, 4.69) is 148 Å². The summed E-state index contributed by atoms with van der Waals surface area (Å²) in [6, 6.07) is 23.6. The Hall–Kier alpha value is -2.04. The van der Waals surface area contributed by atoms with E-state index in [1.54, 1.807) is 0 Å². The van der Waals surface area contributed by atoms with Crippen molar-refractivity contribution in [1.29, 1.82) is 0 Å². The lowest BCUT2D eigenvalue weighted by atomic mass is 9.80. The summed E-state index contributed by atoms with van der Waals surface area (Å²) in [4.78, 5) is 0. The van der Waals surface area contributed by atoms with Crippen LogP contribution in [-0.4, -0.2) is 30.0 Å². The molecule has 2 saturated heterocycles. The van der Waals surface area contributed by atoms with Crippen molar-refractivity contribution in [3.05, 3.63) is 94.5 Å². The van der Waals surface area contributed by atoms with Gasteiger partial charge in [-0.15, -0.1) is 0 Å². The van der Waals surface area contributed by atoms with Crippen LogP contribution in [0.15, 0.2) is 66.7 Å². The van der Waals surface area contributed by atoms with Gasteiger partial charge in [0.25, 0.3) is 0 Å². The Morgan fingerprint density at radius 2 is 1.06 bits per heavy atom. The van der Waals surface area contributed by atoms with Crippen LogP contribution in [0.5, 0.6) is 11.5 Å². The van der Waals surface area contributed by atoms with E-state index < -0.39 is 22.7 Å². The summed E-state index contributed by atoms with van der Waals surface area (Å²) in [7, 11) is -3.02. The Balaban J connectivity index is 1.39. The van der Waals surface area contributed by atoms with Gasteiger partial charge in [-0.2, -0.15) is 0 Å². The lowest BCUT2D eigenvalue weighted by Gasteiger charge is -2.41. The molecule has 256 valence electrons. The average molecular weight is 680 g/mol. The van der Waals surface area contributed by atoms with Crippen molar-refractivity contribution in [3.63, 3.8) is 0 Å². The average Bonchev–Trinajstić information content (AvgIpc) is 3.28. The van der Waals surface area contributed by atoms with E-state index in [0.29, 0.717) is 26.4 Å². The van der Waals surface area contributed by atoms with Crippen molar-refractivity contribution >= 4 is 17.1 Å². The van der Waals surface area contributed by atoms with Gasteiger partial charge in [0.1, 0.15) is 17.0 Å². The summed E-state index contributed by atoms with van der Waals surface area (Å²) in [5.41, 5.74) is 5.47. The van der Waals surface area contributed by atoms with Crippen molar-refractivity contribution in [3.8, 4) is 11.5 Å². The topological polar surface area (TPSA) is 49.4 Å². The molecule has 0 aliphatic carbocycles. The molecule has 2 aliphatic heterocycles. The van der Waals surface area contributed by atoms with E-state index in [9.17, 15) is 0 Å². The van der Waals surface area contributed by atoms with E-state index in [1.807, 2.05) is 6.07 Å². The number of hydrogen-bond acceptors (Lipinski definition) is 6. The van der Waals surface area contributed by atoms with Crippen molar-refractivity contribution in [1.82, 2.24) is 4.67 Å². The van der Waals surface area contributed by atoms with Gasteiger partial charge < -0.3 is 22.6 Å². The number of hydrogen-bond donors (Lipinski definition) is 0. The van der Waals surface area contributed by atoms with Crippen LogP contribution in [0.25, 0.3) is 0 Å². The molecular formula is C39H55NO5P2. The molecule has 2 aliphatic rings. The van der Waals surface area contributed by atoms with Gasteiger partial charge in [-0.3, -0.25) is 0 Å². The molecule has 0 amide bonds. The van der Waals surface area contributed by atoms with Crippen LogP contribution in [0.3, 0.4) is 0 Å². The first-order valence-corrected chi connectivity index (χ1v) is 19.0. The lowest BCUT2D eigenvalue weighted by Crippen LogP contribution is -2.53. The third kappa shape index (κ3) is 8.41. The van der Waals surface area contributed by atoms with E-state index in [1.165, 1.54) is 22.3 Å². The van der Waals surface area contributed by atoms with Crippen LogP contribution in [0.4, 0.5) is 0 Å². The smallest absolute Gasteiger partial charge is 0.397 e. The molecule has 8 heteroatoms. The molecule has 0 saturated carbocycles. The van der Waals surface area contributed by atoms with E-state index >= 15 is 0 Å². The molecule has 0 bridgehead atoms. The molecule has 0 aromatic heterocycles. The first-order chi connectivity index (χ1) is 21.8. The molecule has 3 aromatic rings. The van der Waals surface area contributed by atoms with Gasteiger partial charge in [-0.1, -0.05) is 138 Å². The summed E-state index contributed by atoms with van der Waals surface area (Å²) >= 11 is 0. The number of nitrogens with zero attached hydrogens (tertiary/aromatic N) is 1. The Morgan fingerprint density at radius 3 is 1.53 bits per heavy atom. The van der Waals surface area contributed by atoms with Crippen molar-refractivity contribution in [2.24, 2.45) is 0 Å². The zero-order valence-electron chi connectivity index (χ0n) is 30.6. The van der Waals surface area contributed by atoms with Crippen LogP contribution in [0.2, 0.25) is 0 Å². The maximum atomic E-state index is 6.86. The first kappa shape index (κ1) is 36.2. The minimum atomic E-state index is -1.58. The minimum absolute atomic E-state index is 0.0383. The summed E-state index contributed by atoms with van der Waals surface area (Å²) in [5.74, 6) is 1.68. The fourth-order valence-electron chi connectivity index (χ4n) is 5.75. The van der Waals surface area contributed by atoms with Crippen LogP contribution in [0, 0.1) is 0 Å². The summed E-state index contributed by atoms with van der Waals surface area (Å²) in [5, 5.41) is 0. The van der Waals surface area contributed by atoms with E-state index in [4.69, 9.17) is 22.6 Å². The van der Waals surface area contributed by atoms with Gasteiger partial charge in [0, 0.05) is 17.7 Å². The quantitative estimate of drug-likeness (QED) is 0.242. The van der Waals surface area contributed by atoms with Gasteiger partial charge >= 0.3 is 17.1 Å². The zero-order valence-corrected chi connectivity index (χ0v) is 32.4. The molecule has 3 aromatic carbocycles. The number of rotatable bonds is 6. The SMILES string of the molecule is CC(C)(C)c1ccc(OP2OCC3(CO2)COP(Oc2ccc(C(C)(C)C)cc2C(C)(C)C)N3Cc2ccccc2)c(C(C)(C)C)c1. The van der Waals surface area contributed by atoms with Gasteiger partial charge in [-0.05, 0) is 50.5 Å². The molecule has 1 atom stereocenters. The predicted molar refractivity (Wildman–Crippen MR) is 195 cm³/mol. The molecular weight excluding hydrogens is 624 g/mol. The van der Waals surface area contributed by atoms with E-state index in [-0.39, 0.29) is 21.7 Å². The maximum Gasteiger partial charge on any atom is 0.397 e. The summed E-state index contributed by atoms with van der Waals surface area (Å²) in [6.07, 6.45) is 0. The van der Waals surface area contributed by atoms with Crippen molar-refractivity contribution in [2.45, 2.75) is 117 Å². The molecule has 1 unspecified atom stereocenters. The Bertz CT molecular complexity index is 1520. The fraction of sp³-hybridized carbons (Fsp3) is 0.538. The van der Waals surface area contributed by atoms with Crippen LogP contribution >= 0.6 is 17.1 Å². The Kier molecular flexibility index (Phi) is 10.3. The second-order valence-electron chi connectivity index (χ2n) is 17.2. The second-order valence-corrected chi connectivity index (χ2v) is 19.7. The Morgan fingerprint density at radius 1 is 0.596 bits per heavy atom. The normalized spacial score (nSPS) is 22.9. The third-order valence-corrected chi connectivity index (χ3v) is 11.6. The van der Waals surface area contributed by atoms with Crippen LogP contribution < -0.4 is 9.05 Å². The first-order valence-electron chi connectivity index (χ1n) is 16.7. The van der Waals surface area contributed by atoms with Gasteiger partial charge in [0.05, 0.1) is 19.8 Å². The lowest BCUT2D eigenvalue weighted by molar-refractivity contribution is 0.00448. The highest BCUT2D eigenvalue weighted by Crippen LogP contribution is 2.59. The largest absolute Gasteiger partial charge is 0.435 e. The third-order valence-electron chi connectivity index (χ3n) is 8.90. The molecule has 5 rings (SSSR count). The summed E-state index contributed by atoms with van der Waals surface area (Å²) < 4.78 is 35.1. The minimum Gasteiger partial charge on any atom is -0.435 e. The molecule has 2 heterocycles. The van der Waals surface area contributed by atoms with Gasteiger partial charge in [0.15, 0.2) is 0 Å². The fourth-order valence-corrected chi connectivity index (χ4v) is 8.71. The Labute approximate surface area is 286 Å². The molecule has 2 fully saturated rings. The van der Waals surface area contributed by atoms with E-state index in [0.717, 1.165) is 17.1 Å². The highest BCUT2D eigenvalue weighted by Gasteiger charge is 2.54. The predicted octanol–water partition coefficient (Wildman–Crippen LogP) is 11.1. The molecule has 47 heavy (non-hydrogen) atoms.